The maximum Gasteiger partial charge on any atom is 0.266 e. The fourth-order valence-electron chi connectivity index (χ4n) is 3.24. The van der Waals surface area contributed by atoms with Gasteiger partial charge in [0.15, 0.2) is 5.11 Å². The SMILES string of the molecule is COc1ccc(C(=O)NC(=S)Nc2ccc(N3C(=O)c4ccccc4C3=O)cc2Cl)cc1. The number of imide groups is 1. The molecule has 3 amide bonds. The standard InChI is InChI=1S/C23H16ClN3O4S/c1-31-15-9-6-13(7-10-15)20(28)26-23(32)25-19-11-8-14(12-18(19)24)27-21(29)16-4-2-3-5-17(16)22(27)30/h2-12H,1H3,(H2,25,26,28,32). The van der Waals surface area contributed by atoms with Gasteiger partial charge < -0.3 is 10.1 Å². The van der Waals surface area contributed by atoms with E-state index in [-0.39, 0.29) is 10.1 Å². The Morgan fingerprint density at radius 2 is 1.59 bits per heavy atom. The number of anilines is 2. The number of nitrogens with one attached hydrogen (secondary N) is 2. The number of ether oxygens (including phenoxy) is 1. The highest BCUT2D eigenvalue weighted by molar-refractivity contribution is 7.80. The molecule has 0 atom stereocenters. The van der Waals surface area contributed by atoms with Gasteiger partial charge in [-0.05, 0) is 66.8 Å². The molecule has 0 aromatic heterocycles. The fourth-order valence-corrected chi connectivity index (χ4v) is 3.66. The molecule has 9 heteroatoms. The molecular weight excluding hydrogens is 450 g/mol. The molecule has 3 aromatic carbocycles. The van der Waals surface area contributed by atoms with Gasteiger partial charge in [0.2, 0.25) is 0 Å². The molecule has 0 saturated carbocycles. The van der Waals surface area contributed by atoms with E-state index < -0.39 is 17.7 Å². The number of nitrogens with zero attached hydrogens (tertiary/aromatic N) is 1. The third kappa shape index (κ3) is 4.05. The number of hydrogen-bond donors (Lipinski definition) is 2. The van der Waals surface area contributed by atoms with E-state index in [1.807, 2.05) is 0 Å². The maximum atomic E-state index is 12.6. The van der Waals surface area contributed by atoms with Gasteiger partial charge in [-0.1, -0.05) is 23.7 Å². The number of carbonyl (C=O) groups excluding carboxylic acids is 3. The molecule has 1 aliphatic rings. The molecule has 7 nitrogen and oxygen atoms in total. The van der Waals surface area contributed by atoms with Crippen molar-refractivity contribution in [3.05, 3.63) is 88.4 Å². The minimum absolute atomic E-state index is 0.0428. The normalized spacial score (nSPS) is 12.4. The van der Waals surface area contributed by atoms with Crippen molar-refractivity contribution in [2.75, 3.05) is 17.3 Å². The van der Waals surface area contributed by atoms with Crippen molar-refractivity contribution >= 4 is 58.0 Å². The van der Waals surface area contributed by atoms with E-state index in [0.717, 1.165) is 4.90 Å². The van der Waals surface area contributed by atoms with E-state index in [2.05, 4.69) is 10.6 Å². The molecule has 2 N–H and O–H groups in total. The first-order chi connectivity index (χ1) is 15.4. The van der Waals surface area contributed by atoms with Crippen LogP contribution in [0.3, 0.4) is 0 Å². The van der Waals surface area contributed by atoms with E-state index in [0.29, 0.717) is 33.8 Å². The largest absolute Gasteiger partial charge is 0.497 e. The van der Waals surface area contributed by atoms with E-state index in [1.54, 1.807) is 60.7 Å². The molecule has 0 spiro atoms. The third-order valence-corrected chi connectivity index (χ3v) is 5.35. The number of methoxy groups -OCH3 is 1. The molecule has 0 aliphatic carbocycles. The zero-order valence-corrected chi connectivity index (χ0v) is 18.3. The lowest BCUT2D eigenvalue weighted by Gasteiger charge is -2.16. The molecule has 0 unspecified atom stereocenters. The minimum atomic E-state index is -0.412. The van der Waals surface area contributed by atoms with Crippen LogP contribution in [0.5, 0.6) is 5.75 Å². The number of benzene rings is 3. The summed E-state index contributed by atoms with van der Waals surface area (Å²) in [7, 11) is 1.54. The molecular formula is C23H16ClN3O4S. The highest BCUT2D eigenvalue weighted by Gasteiger charge is 2.36. The number of hydrogen-bond acceptors (Lipinski definition) is 5. The van der Waals surface area contributed by atoms with Crippen LogP contribution >= 0.6 is 23.8 Å². The Morgan fingerprint density at radius 1 is 0.969 bits per heavy atom. The average Bonchev–Trinajstić information content (AvgIpc) is 3.05. The second kappa shape index (κ2) is 8.78. The van der Waals surface area contributed by atoms with Crippen LogP contribution in [0.15, 0.2) is 66.7 Å². The maximum absolute atomic E-state index is 12.6. The smallest absolute Gasteiger partial charge is 0.266 e. The Labute approximate surface area is 193 Å². The van der Waals surface area contributed by atoms with Crippen molar-refractivity contribution in [3.63, 3.8) is 0 Å². The molecule has 1 aliphatic heterocycles. The van der Waals surface area contributed by atoms with Crippen LogP contribution in [0, 0.1) is 0 Å². The Balaban J connectivity index is 1.46. The van der Waals surface area contributed by atoms with Crippen molar-refractivity contribution < 1.29 is 19.1 Å². The fraction of sp³-hybridized carbons (Fsp3) is 0.0435. The third-order valence-electron chi connectivity index (χ3n) is 4.83. The van der Waals surface area contributed by atoms with Gasteiger partial charge in [-0.25, -0.2) is 4.90 Å². The first-order valence-corrected chi connectivity index (χ1v) is 10.2. The highest BCUT2D eigenvalue weighted by atomic mass is 35.5. The molecule has 4 rings (SSSR count). The number of carbonyl (C=O) groups is 3. The van der Waals surface area contributed by atoms with Gasteiger partial charge in [0.1, 0.15) is 5.75 Å². The lowest BCUT2D eigenvalue weighted by Crippen LogP contribution is -2.34. The highest BCUT2D eigenvalue weighted by Crippen LogP contribution is 2.32. The summed E-state index contributed by atoms with van der Waals surface area (Å²) in [5, 5.41) is 5.68. The molecule has 0 bridgehead atoms. The van der Waals surface area contributed by atoms with E-state index in [9.17, 15) is 14.4 Å². The van der Waals surface area contributed by atoms with Crippen LogP contribution in [-0.4, -0.2) is 29.9 Å². The monoisotopic (exact) mass is 465 g/mol. The molecule has 0 radical (unpaired) electrons. The Hall–Kier alpha value is -3.75. The van der Waals surface area contributed by atoms with Crippen molar-refractivity contribution in [3.8, 4) is 5.75 Å². The quantitative estimate of drug-likeness (QED) is 0.442. The van der Waals surface area contributed by atoms with Crippen LogP contribution in [0.2, 0.25) is 5.02 Å². The molecule has 32 heavy (non-hydrogen) atoms. The number of fused-ring (bicyclic) bond motifs is 1. The molecule has 0 saturated heterocycles. The van der Waals surface area contributed by atoms with Gasteiger partial charge in [-0.15, -0.1) is 0 Å². The van der Waals surface area contributed by atoms with Crippen LogP contribution in [0.1, 0.15) is 31.1 Å². The summed E-state index contributed by atoms with van der Waals surface area (Å²) in [6.45, 7) is 0. The minimum Gasteiger partial charge on any atom is -0.497 e. The number of amides is 3. The van der Waals surface area contributed by atoms with Crippen molar-refractivity contribution in [2.45, 2.75) is 0 Å². The van der Waals surface area contributed by atoms with Crippen LogP contribution in [0.4, 0.5) is 11.4 Å². The van der Waals surface area contributed by atoms with Gasteiger partial charge in [0.25, 0.3) is 17.7 Å². The number of halogens is 1. The van der Waals surface area contributed by atoms with Gasteiger partial charge in [0, 0.05) is 5.56 Å². The molecule has 1 heterocycles. The number of rotatable bonds is 4. The lowest BCUT2D eigenvalue weighted by atomic mass is 10.1. The van der Waals surface area contributed by atoms with Crippen molar-refractivity contribution in [1.82, 2.24) is 5.32 Å². The van der Waals surface area contributed by atoms with E-state index in [1.165, 1.54) is 13.2 Å². The Bertz CT molecular complexity index is 1230. The summed E-state index contributed by atoms with van der Waals surface area (Å²) in [5.74, 6) is -0.592. The summed E-state index contributed by atoms with van der Waals surface area (Å²) in [6, 6.07) is 17.8. The summed E-state index contributed by atoms with van der Waals surface area (Å²) < 4.78 is 5.07. The van der Waals surface area contributed by atoms with Gasteiger partial charge in [-0.2, -0.15) is 0 Å². The summed E-state index contributed by atoms with van der Waals surface area (Å²) in [5.41, 5.74) is 1.84. The summed E-state index contributed by atoms with van der Waals surface area (Å²) in [4.78, 5) is 38.7. The molecule has 3 aromatic rings. The topological polar surface area (TPSA) is 87.7 Å². The first-order valence-electron chi connectivity index (χ1n) is 9.43. The summed E-state index contributed by atoms with van der Waals surface area (Å²) >= 11 is 11.5. The van der Waals surface area contributed by atoms with Crippen molar-refractivity contribution in [2.24, 2.45) is 0 Å². The van der Waals surface area contributed by atoms with Gasteiger partial charge in [-0.3, -0.25) is 19.7 Å². The van der Waals surface area contributed by atoms with Gasteiger partial charge >= 0.3 is 0 Å². The second-order valence-corrected chi connectivity index (χ2v) is 7.61. The predicted octanol–water partition coefficient (Wildman–Crippen LogP) is 4.28. The zero-order chi connectivity index (χ0) is 22.8. The Morgan fingerprint density at radius 3 is 2.16 bits per heavy atom. The van der Waals surface area contributed by atoms with E-state index >= 15 is 0 Å². The van der Waals surface area contributed by atoms with Gasteiger partial charge in [0.05, 0.1) is 34.6 Å². The lowest BCUT2D eigenvalue weighted by molar-refractivity contribution is 0.0923. The second-order valence-electron chi connectivity index (χ2n) is 6.79. The average molecular weight is 466 g/mol. The molecule has 160 valence electrons. The van der Waals surface area contributed by atoms with Crippen molar-refractivity contribution in [1.29, 1.82) is 0 Å². The van der Waals surface area contributed by atoms with Crippen LogP contribution in [-0.2, 0) is 0 Å². The zero-order valence-electron chi connectivity index (χ0n) is 16.7. The Kier molecular flexibility index (Phi) is 5.89. The number of thiocarbonyl (C=S) groups is 1. The predicted molar refractivity (Wildman–Crippen MR) is 126 cm³/mol. The molecule has 0 fully saturated rings. The summed E-state index contributed by atoms with van der Waals surface area (Å²) in [6.07, 6.45) is 0. The first kappa shape index (κ1) is 21.5. The van der Waals surface area contributed by atoms with E-state index in [4.69, 9.17) is 28.6 Å². The van der Waals surface area contributed by atoms with Crippen LogP contribution < -0.4 is 20.3 Å². The van der Waals surface area contributed by atoms with Crippen LogP contribution in [0.25, 0.3) is 0 Å².